The number of fused-ring (bicyclic) bond motifs is 3. The molecule has 3 aliphatic rings. The number of carbonyl (C=O) groups is 4. The first-order chi connectivity index (χ1) is 17.7. The maximum Gasteiger partial charge on any atom is 0.328 e. The van der Waals surface area contributed by atoms with Gasteiger partial charge in [0, 0.05) is 31.3 Å². The van der Waals surface area contributed by atoms with Crippen LogP contribution in [0.2, 0.25) is 0 Å². The van der Waals surface area contributed by atoms with Crippen LogP contribution in [0.4, 0.5) is 11.4 Å². The number of aromatic hydroxyl groups is 1. The number of ketones is 2. The van der Waals surface area contributed by atoms with Gasteiger partial charge in [0.1, 0.15) is 23.5 Å². The average molecular weight is 532 g/mol. The van der Waals surface area contributed by atoms with Crippen LogP contribution in [-0.4, -0.2) is 82.3 Å². The highest BCUT2D eigenvalue weighted by Crippen LogP contribution is 2.53. The van der Waals surface area contributed by atoms with Gasteiger partial charge >= 0.3 is 5.97 Å². The highest BCUT2D eigenvalue weighted by Gasteiger charge is 2.62. The number of ether oxygens (including phenoxy) is 1. The Morgan fingerprint density at radius 3 is 2.50 bits per heavy atom. The third-order valence-electron chi connectivity index (χ3n) is 7.86. The third-order valence-corrected chi connectivity index (χ3v) is 7.86. The molecule has 3 unspecified atom stereocenters. The Bertz CT molecular complexity index is 1260. The second-order valence-corrected chi connectivity index (χ2v) is 10.4. The number of phenols is 1. The van der Waals surface area contributed by atoms with Gasteiger partial charge in [0.05, 0.1) is 24.0 Å². The zero-order chi connectivity index (χ0) is 28.3. The van der Waals surface area contributed by atoms with Crippen LogP contribution >= 0.6 is 0 Å². The van der Waals surface area contributed by atoms with E-state index < -0.39 is 70.5 Å². The van der Waals surface area contributed by atoms with Crippen molar-refractivity contribution in [2.24, 2.45) is 23.5 Å². The molecule has 3 aliphatic carbocycles. The molecule has 0 bridgehead atoms. The summed E-state index contributed by atoms with van der Waals surface area (Å²) in [6.45, 7) is 3.35. The lowest BCUT2D eigenvalue weighted by Gasteiger charge is -2.48. The van der Waals surface area contributed by atoms with Gasteiger partial charge in [-0.2, -0.15) is 0 Å². The number of anilines is 2. The molecule has 0 aromatic heterocycles. The first-order valence-corrected chi connectivity index (χ1v) is 12.5. The van der Waals surface area contributed by atoms with Gasteiger partial charge in [0.25, 0.3) is 0 Å². The normalized spacial score (nSPS) is 29.1. The molecule has 206 valence electrons. The van der Waals surface area contributed by atoms with Crippen molar-refractivity contribution in [2.45, 2.75) is 50.9 Å². The van der Waals surface area contributed by atoms with Gasteiger partial charge < -0.3 is 41.1 Å². The fraction of sp³-hybridized carbons (Fsp3) is 0.538. The van der Waals surface area contributed by atoms with E-state index in [0.717, 1.165) is 0 Å². The summed E-state index contributed by atoms with van der Waals surface area (Å²) in [5.74, 6) is -8.32. The number of phenolic OH excluding ortho intramolecular Hbond substituents is 1. The molecule has 0 aliphatic heterocycles. The van der Waals surface area contributed by atoms with Crippen LogP contribution in [0.5, 0.6) is 5.75 Å². The van der Waals surface area contributed by atoms with E-state index >= 15 is 0 Å². The Morgan fingerprint density at radius 2 is 1.92 bits per heavy atom. The number of nitrogens with two attached hydrogens (primary N) is 1. The molecule has 0 heterocycles. The lowest BCUT2D eigenvalue weighted by molar-refractivity contribution is -0.167. The predicted octanol–water partition coefficient (Wildman–Crippen LogP) is 0.175. The van der Waals surface area contributed by atoms with Crippen molar-refractivity contribution in [2.75, 3.05) is 30.9 Å². The van der Waals surface area contributed by atoms with Gasteiger partial charge in [0.15, 0.2) is 17.2 Å². The third kappa shape index (κ3) is 3.99. The SMILES string of the molecule is CCOC(=O)C(C)Nc1cc(N(C)C)c2c(c1O)C(=O)C1=C(O)[C@]3(O)C(=O)C(C(N)=O)C(O)C[C@@H]3C[C@@H]1C2. The number of hydrogen-bond acceptors (Lipinski definition) is 11. The van der Waals surface area contributed by atoms with Crippen molar-refractivity contribution in [1.29, 1.82) is 0 Å². The second kappa shape index (κ2) is 9.59. The number of aliphatic hydroxyl groups excluding tert-OH is 2. The molecule has 12 nitrogen and oxygen atoms in total. The van der Waals surface area contributed by atoms with Crippen LogP contribution in [0.1, 0.15) is 42.6 Å². The summed E-state index contributed by atoms with van der Waals surface area (Å²) in [6, 6.07) is 0.747. The average Bonchev–Trinajstić information content (AvgIpc) is 2.82. The predicted molar refractivity (Wildman–Crippen MR) is 135 cm³/mol. The van der Waals surface area contributed by atoms with Gasteiger partial charge in [0.2, 0.25) is 5.91 Å². The number of benzene rings is 1. The lowest BCUT2D eigenvalue weighted by Crippen LogP contribution is -2.63. The smallest absolute Gasteiger partial charge is 0.328 e. The number of amides is 1. The molecule has 1 aromatic rings. The summed E-state index contributed by atoms with van der Waals surface area (Å²) in [6.07, 6.45) is -1.35. The molecule has 4 rings (SSSR count). The molecule has 0 saturated heterocycles. The van der Waals surface area contributed by atoms with Gasteiger partial charge in [-0.25, -0.2) is 4.79 Å². The molecular weight excluding hydrogens is 498 g/mol. The Balaban J connectivity index is 1.85. The van der Waals surface area contributed by atoms with Crippen molar-refractivity contribution < 1.29 is 44.3 Å². The Morgan fingerprint density at radius 1 is 1.26 bits per heavy atom. The summed E-state index contributed by atoms with van der Waals surface area (Å²) in [7, 11) is 3.50. The Hall–Kier alpha value is -3.64. The van der Waals surface area contributed by atoms with Crippen LogP contribution < -0.4 is 16.0 Å². The van der Waals surface area contributed by atoms with Crippen LogP contribution in [0.3, 0.4) is 0 Å². The molecule has 1 saturated carbocycles. The number of rotatable bonds is 6. The molecule has 1 aromatic carbocycles. The molecule has 12 heteroatoms. The zero-order valence-corrected chi connectivity index (χ0v) is 21.6. The molecule has 0 radical (unpaired) electrons. The fourth-order valence-corrected chi connectivity index (χ4v) is 6.04. The number of esters is 1. The second-order valence-electron chi connectivity index (χ2n) is 10.4. The largest absolute Gasteiger partial charge is 0.508 e. The maximum atomic E-state index is 13.9. The maximum absolute atomic E-state index is 13.9. The first-order valence-electron chi connectivity index (χ1n) is 12.5. The first kappa shape index (κ1) is 27.4. The van der Waals surface area contributed by atoms with E-state index in [1.54, 1.807) is 32.0 Å². The molecular formula is C26H33N3O9. The van der Waals surface area contributed by atoms with E-state index in [4.69, 9.17) is 10.5 Å². The highest BCUT2D eigenvalue weighted by molar-refractivity contribution is 6.17. The summed E-state index contributed by atoms with van der Waals surface area (Å²) in [5, 5.41) is 47.0. The van der Waals surface area contributed by atoms with E-state index in [9.17, 15) is 39.6 Å². The Kier molecular flexibility index (Phi) is 6.91. The van der Waals surface area contributed by atoms with E-state index in [1.807, 2.05) is 0 Å². The molecule has 38 heavy (non-hydrogen) atoms. The van der Waals surface area contributed by atoms with Crippen LogP contribution in [0.25, 0.3) is 0 Å². The summed E-state index contributed by atoms with van der Waals surface area (Å²) in [4.78, 5) is 52.8. The number of carbonyl (C=O) groups excluding carboxylic acids is 4. The minimum atomic E-state index is -2.58. The summed E-state index contributed by atoms with van der Waals surface area (Å²) < 4.78 is 5.01. The molecule has 0 spiro atoms. The van der Waals surface area contributed by atoms with Crippen molar-refractivity contribution in [3.8, 4) is 5.75 Å². The number of primary amides is 1. The zero-order valence-electron chi connectivity index (χ0n) is 21.6. The number of hydrogen-bond donors (Lipinski definition) is 6. The highest BCUT2D eigenvalue weighted by atomic mass is 16.5. The summed E-state index contributed by atoms with van der Waals surface area (Å²) >= 11 is 0. The van der Waals surface area contributed by atoms with E-state index in [1.165, 1.54) is 6.92 Å². The van der Waals surface area contributed by atoms with Crippen LogP contribution in [-0.2, 0) is 25.5 Å². The quantitative estimate of drug-likeness (QED) is 0.166. The topological polar surface area (TPSA) is 200 Å². The molecule has 1 amide bonds. The van der Waals surface area contributed by atoms with Crippen molar-refractivity contribution >= 4 is 34.8 Å². The van der Waals surface area contributed by atoms with E-state index in [2.05, 4.69) is 5.32 Å². The molecule has 6 atom stereocenters. The van der Waals surface area contributed by atoms with E-state index in [0.29, 0.717) is 11.3 Å². The van der Waals surface area contributed by atoms with Crippen LogP contribution in [0, 0.1) is 17.8 Å². The monoisotopic (exact) mass is 531 g/mol. The number of nitrogens with zero attached hydrogens (tertiary/aromatic N) is 1. The Labute approximate surface area is 219 Å². The fourth-order valence-electron chi connectivity index (χ4n) is 6.04. The van der Waals surface area contributed by atoms with Gasteiger partial charge in [-0.1, -0.05) is 0 Å². The van der Waals surface area contributed by atoms with Crippen molar-refractivity contribution in [3.05, 3.63) is 28.5 Å². The van der Waals surface area contributed by atoms with Gasteiger partial charge in [-0.05, 0) is 50.7 Å². The molecule has 1 fully saturated rings. The van der Waals surface area contributed by atoms with Gasteiger partial charge in [-0.3, -0.25) is 14.4 Å². The lowest BCUT2D eigenvalue weighted by atomic mass is 9.58. The van der Waals surface area contributed by atoms with Crippen molar-refractivity contribution in [3.63, 3.8) is 0 Å². The minimum absolute atomic E-state index is 0.0723. The number of aliphatic hydroxyl groups is 3. The summed E-state index contributed by atoms with van der Waals surface area (Å²) in [5.41, 5.74) is 3.50. The van der Waals surface area contributed by atoms with Crippen molar-refractivity contribution in [1.82, 2.24) is 0 Å². The standard InChI is InChI=1S/C26H33N3O9/c1-5-38-25(36)10(2)28-14-9-15(29(3)4)13-7-11-6-12-8-16(30)19(24(27)35)23(34)26(12,37)22(33)17(11)21(32)18(13)20(14)31/h9-12,16,19,28,30-31,33,37H,5-8H2,1-4H3,(H2,27,35)/t10?,11-,12+,16?,19?,26+/m1/s1. The van der Waals surface area contributed by atoms with Crippen LogP contribution in [0.15, 0.2) is 17.4 Å². The number of Topliss-reactive ketones (excluding diaryl/α,β-unsaturated/α-hetero) is 2. The minimum Gasteiger partial charge on any atom is -0.508 e. The molecule has 7 N–H and O–H groups in total. The number of allylic oxidation sites excluding steroid dienone is 1. The number of nitrogens with one attached hydrogen (secondary N) is 1. The van der Waals surface area contributed by atoms with Gasteiger partial charge in [-0.15, -0.1) is 0 Å². The van der Waals surface area contributed by atoms with E-state index in [-0.39, 0.29) is 42.7 Å².